The fraction of sp³-hybridized carbons (Fsp3) is 0.125. The van der Waals surface area contributed by atoms with Crippen molar-refractivity contribution in [2.24, 2.45) is 0 Å². The van der Waals surface area contributed by atoms with Crippen molar-refractivity contribution in [3.8, 4) is 0 Å². The molecular weight excluding hydrogens is 382 g/mol. The van der Waals surface area contributed by atoms with E-state index in [4.69, 9.17) is 0 Å². The zero-order chi connectivity index (χ0) is 14.6. The maximum atomic E-state index is 13.5. The molecule has 0 amide bonds. The molecule has 0 aliphatic carbocycles. The molecule has 1 N–H and O–H groups in total. The molecule has 0 aliphatic rings. The van der Waals surface area contributed by atoms with Crippen LogP contribution in [0.15, 0.2) is 70.1 Å². The van der Waals surface area contributed by atoms with E-state index < -0.39 is 13.2 Å². The monoisotopic (exact) mass is 398 g/mol. The molecule has 4 heteroatoms. The average Bonchev–Trinajstić information content (AvgIpc) is 2.48. The first kappa shape index (κ1) is 15.5. The van der Waals surface area contributed by atoms with E-state index in [-0.39, 0.29) is 0 Å². The van der Waals surface area contributed by atoms with Gasteiger partial charge in [0.05, 0.1) is 6.10 Å². The minimum Gasteiger partial charge on any atom is -0.388 e. The van der Waals surface area contributed by atoms with Gasteiger partial charge in [-0.3, -0.25) is 0 Å². The van der Waals surface area contributed by atoms with E-state index in [1.807, 2.05) is 83.3 Å². The Morgan fingerprint density at radius 1 is 1.05 bits per heavy atom. The molecule has 0 saturated heterocycles. The van der Waals surface area contributed by atoms with Crippen molar-refractivity contribution in [1.82, 2.24) is 0 Å². The van der Waals surface area contributed by atoms with Crippen LogP contribution in [0.25, 0.3) is 0 Å². The van der Waals surface area contributed by atoms with Gasteiger partial charge in [0.15, 0.2) is 7.14 Å². The third kappa shape index (κ3) is 3.40. The van der Waals surface area contributed by atoms with Gasteiger partial charge in [0.1, 0.15) is 0 Å². The van der Waals surface area contributed by atoms with Crippen molar-refractivity contribution in [1.29, 1.82) is 0 Å². The zero-order valence-electron chi connectivity index (χ0n) is 11.1. The Bertz CT molecular complexity index is 593. The molecule has 0 fully saturated rings. The van der Waals surface area contributed by atoms with Crippen LogP contribution in [0.2, 0.25) is 0 Å². The molecule has 0 bridgehead atoms. The van der Waals surface area contributed by atoms with Crippen LogP contribution in [0.5, 0.6) is 0 Å². The van der Waals surface area contributed by atoms with E-state index >= 15 is 0 Å². The predicted octanol–water partition coefficient (Wildman–Crippen LogP) is 3.66. The van der Waals surface area contributed by atoms with Crippen molar-refractivity contribution in [2.45, 2.75) is 13.0 Å². The molecule has 2 aromatic carbocycles. The quantitative estimate of drug-likeness (QED) is 0.631. The smallest absolute Gasteiger partial charge is 0.164 e. The number of rotatable bonds is 4. The van der Waals surface area contributed by atoms with Crippen LogP contribution >= 0.6 is 29.7 Å². The SMILES string of the molecule is C[C@@H](O)/C(I)=C\P(=O)(c1ccccc1)c1ccccc1. The standard InChI is InChI=1S/C16H16IO2P/c1-13(18)16(17)12-20(19,14-8-4-2-5-9-14)15-10-6-3-7-11-15/h2-13,18H,1H3/b16-12+/t13-/m1/s1. The third-order valence-electron chi connectivity index (χ3n) is 2.98. The summed E-state index contributed by atoms with van der Waals surface area (Å²) in [5.74, 6) is 1.71. The Balaban J connectivity index is 2.62. The lowest BCUT2D eigenvalue weighted by molar-refractivity contribution is 0.242. The molecule has 1 atom stereocenters. The average molecular weight is 398 g/mol. The van der Waals surface area contributed by atoms with Gasteiger partial charge in [-0.05, 0) is 35.3 Å². The van der Waals surface area contributed by atoms with Gasteiger partial charge in [0, 0.05) is 14.2 Å². The Morgan fingerprint density at radius 2 is 1.45 bits per heavy atom. The highest BCUT2D eigenvalue weighted by Gasteiger charge is 2.25. The second-order valence-corrected chi connectivity index (χ2v) is 8.37. The highest BCUT2D eigenvalue weighted by Crippen LogP contribution is 2.47. The number of hydrogen-bond donors (Lipinski definition) is 1. The van der Waals surface area contributed by atoms with Gasteiger partial charge in [-0.15, -0.1) is 0 Å². The molecule has 0 saturated carbocycles. The molecular formula is C16H16IO2P. The molecule has 0 heterocycles. The van der Waals surface area contributed by atoms with E-state index in [0.717, 1.165) is 10.6 Å². The third-order valence-corrected chi connectivity index (χ3v) is 7.46. The first-order chi connectivity index (χ1) is 9.54. The molecule has 104 valence electrons. The zero-order valence-corrected chi connectivity index (χ0v) is 14.2. The summed E-state index contributed by atoms with van der Waals surface area (Å²) in [5.41, 5.74) is 0. The van der Waals surface area contributed by atoms with Gasteiger partial charge >= 0.3 is 0 Å². The summed E-state index contributed by atoms with van der Waals surface area (Å²) in [6, 6.07) is 18.8. The van der Waals surface area contributed by atoms with E-state index in [2.05, 4.69) is 0 Å². The van der Waals surface area contributed by atoms with Gasteiger partial charge in [-0.25, -0.2) is 0 Å². The Morgan fingerprint density at radius 3 is 1.80 bits per heavy atom. The van der Waals surface area contributed by atoms with Gasteiger partial charge in [0.25, 0.3) is 0 Å². The molecule has 0 spiro atoms. The van der Waals surface area contributed by atoms with Gasteiger partial charge < -0.3 is 9.67 Å². The van der Waals surface area contributed by atoms with Crippen LogP contribution in [-0.2, 0) is 4.57 Å². The van der Waals surface area contributed by atoms with Crippen LogP contribution in [-0.4, -0.2) is 11.2 Å². The van der Waals surface area contributed by atoms with E-state index in [0.29, 0.717) is 3.58 Å². The lowest BCUT2D eigenvalue weighted by Crippen LogP contribution is -2.15. The molecule has 0 aromatic heterocycles. The number of aliphatic hydroxyl groups is 1. The summed E-state index contributed by atoms with van der Waals surface area (Å²) in [6.07, 6.45) is -0.614. The lowest BCUT2D eigenvalue weighted by Gasteiger charge is -2.17. The Kier molecular flexibility index (Phi) is 5.19. The summed E-state index contributed by atoms with van der Waals surface area (Å²) in [4.78, 5) is 0. The highest BCUT2D eigenvalue weighted by atomic mass is 127. The van der Waals surface area contributed by atoms with Gasteiger partial charge in [0.2, 0.25) is 0 Å². The second kappa shape index (κ2) is 6.70. The first-order valence-electron chi connectivity index (χ1n) is 6.31. The molecule has 0 unspecified atom stereocenters. The van der Waals surface area contributed by atoms with Crippen molar-refractivity contribution in [3.63, 3.8) is 0 Å². The Labute approximate surface area is 133 Å². The minimum absolute atomic E-state index is 0.614. The first-order valence-corrected chi connectivity index (χ1v) is 9.17. The van der Waals surface area contributed by atoms with Crippen LogP contribution in [0.4, 0.5) is 0 Å². The van der Waals surface area contributed by atoms with Crippen molar-refractivity contribution >= 4 is 40.3 Å². The van der Waals surface area contributed by atoms with E-state index in [1.165, 1.54) is 0 Å². The number of benzene rings is 2. The molecule has 2 nitrogen and oxygen atoms in total. The van der Waals surface area contributed by atoms with Crippen molar-refractivity contribution in [2.75, 3.05) is 0 Å². The summed E-state index contributed by atoms with van der Waals surface area (Å²) >= 11 is 2.05. The maximum absolute atomic E-state index is 13.5. The van der Waals surface area contributed by atoms with E-state index in [1.54, 1.807) is 12.7 Å². The fourth-order valence-electron chi connectivity index (χ4n) is 1.88. The lowest BCUT2D eigenvalue weighted by atomic mass is 10.4. The molecule has 2 rings (SSSR count). The topological polar surface area (TPSA) is 37.3 Å². The van der Waals surface area contributed by atoms with E-state index in [9.17, 15) is 9.67 Å². The van der Waals surface area contributed by atoms with Crippen molar-refractivity contribution < 1.29 is 9.67 Å². The van der Waals surface area contributed by atoms with Gasteiger partial charge in [-0.2, -0.15) is 0 Å². The summed E-state index contributed by atoms with van der Waals surface area (Å²) in [6.45, 7) is 1.68. The fourth-order valence-corrected chi connectivity index (χ4v) is 5.44. The van der Waals surface area contributed by atoms with Crippen LogP contribution in [0.1, 0.15) is 6.92 Å². The summed E-state index contributed by atoms with van der Waals surface area (Å²) in [7, 11) is -2.86. The number of halogens is 1. The second-order valence-electron chi connectivity index (χ2n) is 4.52. The van der Waals surface area contributed by atoms with Crippen LogP contribution in [0, 0.1) is 0 Å². The number of aliphatic hydroxyl groups excluding tert-OH is 1. The predicted molar refractivity (Wildman–Crippen MR) is 93.5 cm³/mol. The maximum Gasteiger partial charge on any atom is 0.164 e. The number of hydrogen-bond acceptors (Lipinski definition) is 2. The largest absolute Gasteiger partial charge is 0.388 e. The molecule has 0 aliphatic heterocycles. The van der Waals surface area contributed by atoms with Gasteiger partial charge in [-0.1, -0.05) is 60.7 Å². The molecule has 20 heavy (non-hydrogen) atoms. The van der Waals surface area contributed by atoms with Crippen LogP contribution < -0.4 is 10.6 Å². The Hall–Kier alpha value is -0.900. The minimum atomic E-state index is -2.86. The molecule has 2 aromatic rings. The summed E-state index contributed by atoms with van der Waals surface area (Å²) < 4.78 is 14.2. The van der Waals surface area contributed by atoms with Crippen LogP contribution in [0.3, 0.4) is 0 Å². The van der Waals surface area contributed by atoms with Crippen molar-refractivity contribution in [3.05, 3.63) is 70.1 Å². The summed E-state index contributed by atoms with van der Waals surface area (Å²) in [5, 5.41) is 11.2. The highest BCUT2D eigenvalue weighted by molar-refractivity contribution is 14.1. The normalized spacial score (nSPS) is 14.1. The molecule has 0 radical (unpaired) electrons.